The Morgan fingerprint density at radius 3 is 2.50 bits per heavy atom. The first-order chi connectivity index (χ1) is 13.5. The normalized spacial score (nSPS) is 11.1. The average molecular weight is 387 g/mol. The topological polar surface area (TPSA) is 125 Å². The summed E-state index contributed by atoms with van der Waals surface area (Å²) in [5.74, 6) is 0.940. The minimum atomic E-state index is -0.484. The Morgan fingerprint density at radius 2 is 1.89 bits per heavy atom. The van der Waals surface area contributed by atoms with E-state index < -0.39 is 16.2 Å². The first-order valence-electron chi connectivity index (χ1n) is 9.05. The standard InChI is InChI=1S/C18H21N5O5/c1-3-5-10-22-16-15(17(24)20-18(22)25)21(4-2)14(19-16)11-28-13-8-6-12(7-9-13)23(26)27/h6-9H,3-5,10-11H2,1-2H3,(H,20,24,25). The quantitative estimate of drug-likeness (QED) is 0.466. The third-order valence-electron chi connectivity index (χ3n) is 4.43. The molecule has 0 spiro atoms. The van der Waals surface area contributed by atoms with Crippen LogP contribution in [-0.2, 0) is 19.7 Å². The van der Waals surface area contributed by atoms with Crippen LogP contribution >= 0.6 is 0 Å². The molecule has 3 aromatic rings. The first kappa shape index (κ1) is 19.3. The van der Waals surface area contributed by atoms with Crippen LogP contribution in [0.5, 0.6) is 5.75 Å². The molecule has 0 aliphatic carbocycles. The molecule has 3 rings (SSSR count). The van der Waals surface area contributed by atoms with Crippen LogP contribution in [0.25, 0.3) is 11.2 Å². The van der Waals surface area contributed by atoms with Gasteiger partial charge in [0.1, 0.15) is 18.2 Å². The van der Waals surface area contributed by atoms with Gasteiger partial charge < -0.3 is 9.30 Å². The molecule has 10 nitrogen and oxygen atoms in total. The predicted octanol–water partition coefficient (Wildman–Crippen LogP) is 2.19. The van der Waals surface area contributed by atoms with Crippen LogP contribution in [0.1, 0.15) is 32.5 Å². The van der Waals surface area contributed by atoms with Gasteiger partial charge in [0.25, 0.3) is 11.2 Å². The molecule has 0 saturated heterocycles. The number of nitro groups is 1. The fourth-order valence-corrected chi connectivity index (χ4v) is 3.00. The number of ether oxygens (including phenoxy) is 1. The van der Waals surface area contributed by atoms with Gasteiger partial charge in [-0.3, -0.25) is 24.5 Å². The monoisotopic (exact) mass is 387 g/mol. The van der Waals surface area contributed by atoms with Crippen molar-refractivity contribution in [1.29, 1.82) is 0 Å². The summed E-state index contributed by atoms with van der Waals surface area (Å²) in [6.07, 6.45) is 1.69. The van der Waals surface area contributed by atoms with E-state index in [0.29, 0.717) is 35.8 Å². The van der Waals surface area contributed by atoms with E-state index >= 15 is 0 Å². The summed E-state index contributed by atoms with van der Waals surface area (Å²) in [5, 5.41) is 10.7. The molecule has 148 valence electrons. The maximum Gasteiger partial charge on any atom is 0.330 e. The van der Waals surface area contributed by atoms with Crippen LogP contribution in [0.2, 0.25) is 0 Å². The highest BCUT2D eigenvalue weighted by Crippen LogP contribution is 2.19. The highest BCUT2D eigenvalue weighted by atomic mass is 16.6. The molecular formula is C18H21N5O5. The zero-order valence-electron chi connectivity index (χ0n) is 15.7. The van der Waals surface area contributed by atoms with Gasteiger partial charge in [-0.25, -0.2) is 9.78 Å². The van der Waals surface area contributed by atoms with Crippen LogP contribution in [-0.4, -0.2) is 24.0 Å². The van der Waals surface area contributed by atoms with Crippen molar-refractivity contribution in [3.8, 4) is 5.75 Å². The lowest BCUT2D eigenvalue weighted by atomic mass is 10.3. The number of nitro benzene ring substituents is 1. The molecule has 1 N–H and O–H groups in total. The molecule has 0 fully saturated rings. The number of aryl methyl sites for hydroxylation is 2. The molecule has 1 aromatic carbocycles. The molecular weight excluding hydrogens is 366 g/mol. The van der Waals surface area contributed by atoms with Crippen molar-refractivity contribution in [2.45, 2.75) is 46.4 Å². The van der Waals surface area contributed by atoms with Gasteiger partial charge in [-0.15, -0.1) is 0 Å². The van der Waals surface area contributed by atoms with Gasteiger partial charge >= 0.3 is 5.69 Å². The van der Waals surface area contributed by atoms with E-state index in [2.05, 4.69) is 9.97 Å². The summed E-state index contributed by atoms with van der Waals surface area (Å²) in [6, 6.07) is 5.71. The van der Waals surface area contributed by atoms with Gasteiger partial charge in [-0.1, -0.05) is 13.3 Å². The van der Waals surface area contributed by atoms with E-state index in [4.69, 9.17) is 4.74 Å². The Morgan fingerprint density at radius 1 is 1.18 bits per heavy atom. The number of imidazole rings is 1. The molecule has 0 unspecified atom stereocenters. The maximum absolute atomic E-state index is 12.4. The third kappa shape index (κ3) is 3.66. The SMILES string of the molecule is CCCCn1c(=O)[nH]c(=O)c2c1nc(COc1ccc([N+](=O)[O-])cc1)n2CC. The Labute approximate surface area is 159 Å². The average Bonchev–Trinajstić information content (AvgIpc) is 3.05. The molecule has 10 heteroatoms. The van der Waals surface area contributed by atoms with Crippen molar-refractivity contribution < 1.29 is 9.66 Å². The molecule has 2 heterocycles. The van der Waals surface area contributed by atoms with Crippen LogP contribution in [0.3, 0.4) is 0 Å². The number of hydrogen-bond donors (Lipinski definition) is 1. The fourth-order valence-electron chi connectivity index (χ4n) is 3.00. The van der Waals surface area contributed by atoms with Gasteiger partial charge in [0, 0.05) is 25.2 Å². The smallest absolute Gasteiger partial charge is 0.330 e. The minimum absolute atomic E-state index is 0.0281. The maximum atomic E-state index is 12.4. The number of fused-ring (bicyclic) bond motifs is 1. The van der Waals surface area contributed by atoms with E-state index in [1.807, 2.05) is 13.8 Å². The predicted molar refractivity (Wildman–Crippen MR) is 103 cm³/mol. The van der Waals surface area contributed by atoms with Crippen molar-refractivity contribution in [1.82, 2.24) is 19.1 Å². The zero-order valence-corrected chi connectivity index (χ0v) is 15.7. The number of hydrogen-bond acceptors (Lipinski definition) is 6. The van der Waals surface area contributed by atoms with E-state index in [-0.39, 0.29) is 12.3 Å². The largest absolute Gasteiger partial charge is 0.486 e. The van der Waals surface area contributed by atoms with Crippen LogP contribution in [0.4, 0.5) is 5.69 Å². The summed E-state index contributed by atoms with van der Waals surface area (Å²) in [6.45, 7) is 4.89. The van der Waals surface area contributed by atoms with Gasteiger partial charge in [0.15, 0.2) is 11.2 Å². The van der Waals surface area contributed by atoms with Crippen molar-refractivity contribution in [2.24, 2.45) is 0 Å². The molecule has 0 amide bonds. The van der Waals surface area contributed by atoms with Crippen molar-refractivity contribution >= 4 is 16.9 Å². The fraction of sp³-hybridized carbons (Fsp3) is 0.389. The second-order valence-electron chi connectivity index (χ2n) is 6.25. The molecule has 0 saturated carbocycles. The molecule has 0 aliphatic heterocycles. The van der Waals surface area contributed by atoms with Crippen LogP contribution in [0, 0.1) is 10.1 Å². The lowest BCUT2D eigenvalue weighted by Gasteiger charge is -2.08. The number of non-ortho nitro benzene ring substituents is 1. The van der Waals surface area contributed by atoms with Gasteiger partial charge in [0.05, 0.1) is 4.92 Å². The number of benzene rings is 1. The highest BCUT2D eigenvalue weighted by molar-refractivity contribution is 5.70. The number of aromatic amines is 1. The summed E-state index contributed by atoms with van der Waals surface area (Å²) in [4.78, 5) is 41.7. The molecule has 0 bridgehead atoms. The Bertz CT molecular complexity index is 1110. The second kappa shape index (κ2) is 8.07. The molecule has 2 aromatic heterocycles. The first-order valence-corrected chi connectivity index (χ1v) is 9.05. The Balaban J connectivity index is 1.96. The number of aromatic nitrogens is 4. The van der Waals surface area contributed by atoms with E-state index in [9.17, 15) is 19.7 Å². The van der Waals surface area contributed by atoms with Crippen molar-refractivity contribution in [2.75, 3.05) is 0 Å². The Hall–Kier alpha value is -3.43. The number of unbranched alkanes of at least 4 members (excludes halogenated alkanes) is 1. The summed E-state index contributed by atoms with van der Waals surface area (Å²) in [5.41, 5.74) is -0.315. The van der Waals surface area contributed by atoms with Crippen molar-refractivity contribution in [3.05, 3.63) is 61.0 Å². The number of nitrogens with zero attached hydrogens (tertiary/aromatic N) is 4. The van der Waals surface area contributed by atoms with Gasteiger partial charge in [0.2, 0.25) is 0 Å². The van der Waals surface area contributed by atoms with Crippen LogP contribution in [0.15, 0.2) is 33.9 Å². The minimum Gasteiger partial charge on any atom is -0.486 e. The number of nitrogens with one attached hydrogen (secondary N) is 1. The van der Waals surface area contributed by atoms with Crippen molar-refractivity contribution in [3.63, 3.8) is 0 Å². The third-order valence-corrected chi connectivity index (χ3v) is 4.43. The summed E-state index contributed by atoms with van der Waals surface area (Å²) < 4.78 is 8.87. The van der Waals surface area contributed by atoms with E-state index in [1.165, 1.54) is 28.8 Å². The summed E-state index contributed by atoms with van der Waals surface area (Å²) in [7, 11) is 0. The number of rotatable bonds is 8. The molecule has 0 aliphatic rings. The number of H-pyrrole nitrogens is 1. The Kier molecular flexibility index (Phi) is 5.57. The second-order valence-corrected chi connectivity index (χ2v) is 6.25. The molecule has 0 radical (unpaired) electrons. The van der Waals surface area contributed by atoms with Gasteiger partial charge in [-0.05, 0) is 25.5 Å². The lowest BCUT2D eigenvalue weighted by molar-refractivity contribution is -0.384. The van der Waals surface area contributed by atoms with Crippen LogP contribution < -0.4 is 16.0 Å². The highest BCUT2D eigenvalue weighted by Gasteiger charge is 2.18. The lowest BCUT2D eigenvalue weighted by Crippen LogP contribution is -2.31. The zero-order chi connectivity index (χ0) is 20.3. The molecule has 28 heavy (non-hydrogen) atoms. The van der Waals surface area contributed by atoms with E-state index in [0.717, 1.165) is 12.8 Å². The molecule has 0 atom stereocenters. The summed E-state index contributed by atoms with van der Waals surface area (Å²) >= 11 is 0. The van der Waals surface area contributed by atoms with Gasteiger partial charge in [-0.2, -0.15) is 0 Å². The van der Waals surface area contributed by atoms with E-state index in [1.54, 1.807) is 4.57 Å².